The second-order valence-corrected chi connectivity index (χ2v) is 5.31. The van der Waals surface area contributed by atoms with Crippen LogP contribution in [-0.4, -0.2) is 6.61 Å². The standard InChI is InChI=1S/C17H19FN2O/c1-2-7-21-17-9-16(15(19)8-14(17)18)20-10-12-5-3-4-6-13(12)11-20/h3-6,8-9H,2,7,10-11,19H2,1H3. The summed E-state index contributed by atoms with van der Waals surface area (Å²) in [6.45, 7) is 4.08. The molecule has 0 spiro atoms. The van der Waals surface area contributed by atoms with E-state index in [0.717, 1.165) is 25.2 Å². The van der Waals surface area contributed by atoms with E-state index in [-0.39, 0.29) is 5.75 Å². The molecular formula is C17H19FN2O. The minimum Gasteiger partial charge on any atom is -0.490 e. The van der Waals surface area contributed by atoms with Crippen molar-refractivity contribution < 1.29 is 9.13 Å². The molecule has 2 N–H and O–H groups in total. The van der Waals surface area contributed by atoms with Gasteiger partial charge < -0.3 is 15.4 Å². The van der Waals surface area contributed by atoms with Crippen LogP contribution in [0.2, 0.25) is 0 Å². The predicted molar refractivity (Wildman–Crippen MR) is 82.9 cm³/mol. The van der Waals surface area contributed by atoms with E-state index in [4.69, 9.17) is 10.5 Å². The van der Waals surface area contributed by atoms with E-state index in [1.807, 2.05) is 19.1 Å². The van der Waals surface area contributed by atoms with Gasteiger partial charge in [-0.2, -0.15) is 0 Å². The van der Waals surface area contributed by atoms with Gasteiger partial charge in [-0.05, 0) is 17.5 Å². The highest BCUT2D eigenvalue weighted by molar-refractivity contribution is 5.71. The first-order valence-corrected chi connectivity index (χ1v) is 7.22. The summed E-state index contributed by atoms with van der Waals surface area (Å²) < 4.78 is 19.3. The molecule has 2 aromatic rings. The summed E-state index contributed by atoms with van der Waals surface area (Å²) in [6, 6.07) is 11.4. The lowest BCUT2D eigenvalue weighted by Gasteiger charge is -2.21. The number of fused-ring (bicyclic) bond motifs is 1. The summed E-state index contributed by atoms with van der Waals surface area (Å²) in [5.74, 6) is -0.126. The monoisotopic (exact) mass is 286 g/mol. The molecule has 1 aliphatic rings. The molecule has 1 aliphatic heterocycles. The topological polar surface area (TPSA) is 38.5 Å². The SMILES string of the molecule is CCCOc1cc(N2Cc3ccccc3C2)c(N)cc1F. The first-order valence-electron chi connectivity index (χ1n) is 7.22. The Kier molecular flexibility index (Phi) is 3.69. The normalized spacial score (nSPS) is 13.3. The van der Waals surface area contributed by atoms with E-state index in [1.54, 1.807) is 6.07 Å². The number of ether oxygens (including phenoxy) is 1. The van der Waals surface area contributed by atoms with E-state index in [1.165, 1.54) is 17.2 Å². The van der Waals surface area contributed by atoms with Crippen LogP contribution >= 0.6 is 0 Å². The number of hydrogen-bond donors (Lipinski definition) is 1. The molecule has 0 radical (unpaired) electrons. The number of nitrogens with zero attached hydrogens (tertiary/aromatic N) is 1. The van der Waals surface area contributed by atoms with Gasteiger partial charge in [-0.3, -0.25) is 0 Å². The van der Waals surface area contributed by atoms with Gasteiger partial charge in [0.1, 0.15) is 0 Å². The minimum absolute atomic E-state index is 0.275. The van der Waals surface area contributed by atoms with Crippen LogP contribution < -0.4 is 15.4 Å². The molecule has 0 aliphatic carbocycles. The lowest BCUT2D eigenvalue weighted by atomic mass is 10.1. The molecule has 1 heterocycles. The third kappa shape index (κ3) is 2.66. The van der Waals surface area contributed by atoms with Crippen LogP contribution in [0.3, 0.4) is 0 Å². The fraction of sp³-hybridized carbons (Fsp3) is 0.294. The number of halogens is 1. The molecule has 0 unspecified atom stereocenters. The molecule has 2 aromatic carbocycles. The lowest BCUT2D eigenvalue weighted by molar-refractivity contribution is 0.301. The first-order chi connectivity index (χ1) is 10.2. The van der Waals surface area contributed by atoms with E-state index in [0.29, 0.717) is 12.3 Å². The van der Waals surface area contributed by atoms with Crippen LogP contribution in [-0.2, 0) is 13.1 Å². The van der Waals surface area contributed by atoms with Crippen molar-refractivity contribution in [2.24, 2.45) is 0 Å². The summed E-state index contributed by atoms with van der Waals surface area (Å²) in [6.07, 6.45) is 0.842. The maximum atomic E-state index is 13.9. The van der Waals surface area contributed by atoms with Gasteiger partial charge in [0, 0.05) is 25.2 Å². The average molecular weight is 286 g/mol. The van der Waals surface area contributed by atoms with Crippen molar-refractivity contribution in [1.29, 1.82) is 0 Å². The van der Waals surface area contributed by atoms with Gasteiger partial charge >= 0.3 is 0 Å². The van der Waals surface area contributed by atoms with Gasteiger partial charge in [0.15, 0.2) is 11.6 Å². The number of anilines is 2. The van der Waals surface area contributed by atoms with Crippen LogP contribution in [0.25, 0.3) is 0 Å². The van der Waals surface area contributed by atoms with Gasteiger partial charge in [-0.15, -0.1) is 0 Å². The van der Waals surface area contributed by atoms with Crippen molar-refractivity contribution in [3.63, 3.8) is 0 Å². The molecule has 0 atom stereocenters. The maximum absolute atomic E-state index is 13.9. The van der Waals surface area contributed by atoms with Crippen molar-refractivity contribution in [1.82, 2.24) is 0 Å². The fourth-order valence-electron chi connectivity index (χ4n) is 2.66. The van der Waals surface area contributed by atoms with Gasteiger partial charge in [-0.1, -0.05) is 31.2 Å². The summed E-state index contributed by atoms with van der Waals surface area (Å²) >= 11 is 0. The highest BCUT2D eigenvalue weighted by Crippen LogP contribution is 2.36. The molecule has 0 amide bonds. The Morgan fingerprint density at radius 3 is 2.48 bits per heavy atom. The largest absolute Gasteiger partial charge is 0.490 e. The molecule has 3 rings (SSSR count). The number of rotatable bonds is 4. The van der Waals surface area contributed by atoms with Crippen LogP contribution in [0.15, 0.2) is 36.4 Å². The second kappa shape index (κ2) is 5.64. The Hall–Kier alpha value is -2.23. The van der Waals surface area contributed by atoms with Crippen LogP contribution in [0.4, 0.5) is 15.8 Å². The molecule has 21 heavy (non-hydrogen) atoms. The molecule has 0 saturated heterocycles. The zero-order valence-corrected chi connectivity index (χ0v) is 12.1. The molecule has 0 saturated carbocycles. The molecule has 3 nitrogen and oxygen atoms in total. The van der Waals surface area contributed by atoms with Crippen molar-refractivity contribution in [2.75, 3.05) is 17.2 Å². The molecule has 0 aromatic heterocycles. The Bertz CT molecular complexity index is 632. The van der Waals surface area contributed by atoms with Crippen LogP contribution in [0.5, 0.6) is 5.75 Å². The highest BCUT2D eigenvalue weighted by atomic mass is 19.1. The van der Waals surface area contributed by atoms with Crippen LogP contribution in [0.1, 0.15) is 24.5 Å². The zero-order chi connectivity index (χ0) is 14.8. The fourth-order valence-corrected chi connectivity index (χ4v) is 2.66. The Balaban J connectivity index is 1.89. The van der Waals surface area contributed by atoms with Crippen LogP contribution in [0, 0.1) is 5.82 Å². The van der Waals surface area contributed by atoms with Crippen molar-refractivity contribution in [3.05, 3.63) is 53.3 Å². The predicted octanol–water partition coefficient (Wildman–Crippen LogP) is 3.72. The molecule has 0 bridgehead atoms. The van der Waals surface area contributed by atoms with E-state index in [2.05, 4.69) is 17.0 Å². The van der Waals surface area contributed by atoms with Gasteiger partial charge in [0.25, 0.3) is 0 Å². The van der Waals surface area contributed by atoms with E-state index < -0.39 is 5.82 Å². The molecular weight excluding hydrogens is 267 g/mol. The Morgan fingerprint density at radius 2 is 1.86 bits per heavy atom. The van der Waals surface area contributed by atoms with Crippen molar-refractivity contribution >= 4 is 11.4 Å². The smallest absolute Gasteiger partial charge is 0.167 e. The second-order valence-electron chi connectivity index (χ2n) is 5.31. The molecule has 110 valence electrons. The summed E-state index contributed by atoms with van der Waals surface area (Å²) in [5.41, 5.74) is 9.86. The zero-order valence-electron chi connectivity index (χ0n) is 12.1. The summed E-state index contributed by atoms with van der Waals surface area (Å²) in [7, 11) is 0. The number of nitrogens with two attached hydrogens (primary N) is 1. The number of benzene rings is 2. The highest BCUT2D eigenvalue weighted by Gasteiger charge is 2.22. The summed E-state index contributed by atoms with van der Waals surface area (Å²) in [4.78, 5) is 2.15. The number of nitrogen functional groups attached to an aromatic ring is 1. The molecule has 4 heteroatoms. The Morgan fingerprint density at radius 1 is 1.19 bits per heavy atom. The quantitative estimate of drug-likeness (QED) is 0.871. The third-order valence-corrected chi connectivity index (χ3v) is 3.72. The Labute approximate surface area is 124 Å². The van der Waals surface area contributed by atoms with E-state index >= 15 is 0 Å². The molecule has 0 fully saturated rings. The summed E-state index contributed by atoms with van der Waals surface area (Å²) in [5, 5.41) is 0. The van der Waals surface area contributed by atoms with E-state index in [9.17, 15) is 4.39 Å². The van der Waals surface area contributed by atoms with Crippen molar-refractivity contribution in [3.8, 4) is 5.75 Å². The minimum atomic E-state index is -0.401. The third-order valence-electron chi connectivity index (χ3n) is 3.72. The van der Waals surface area contributed by atoms with Crippen molar-refractivity contribution in [2.45, 2.75) is 26.4 Å². The first kappa shape index (κ1) is 13.7. The lowest BCUT2D eigenvalue weighted by Crippen LogP contribution is -2.16. The van der Waals surface area contributed by atoms with Gasteiger partial charge in [0.05, 0.1) is 18.0 Å². The van der Waals surface area contributed by atoms with Gasteiger partial charge in [0.2, 0.25) is 0 Å². The number of hydrogen-bond acceptors (Lipinski definition) is 3. The average Bonchev–Trinajstić information content (AvgIpc) is 2.90. The van der Waals surface area contributed by atoms with Gasteiger partial charge in [-0.25, -0.2) is 4.39 Å². The maximum Gasteiger partial charge on any atom is 0.167 e.